The van der Waals surface area contributed by atoms with Crippen LogP contribution in [0, 0.1) is 6.92 Å². The second-order valence-electron chi connectivity index (χ2n) is 5.20. The number of nitrogens with one attached hydrogen (secondary N) is 1. The van der Waals surface area contributed by atoms with Crippen LogP contribution in [0.15, 0.2) is 35.7 Å². The van der Waals surface area contributed by atoms with Crippen LogP contribution in [0.1, 0.15) is 29.9 Å². The molecule has 0 radical (unpaired) electrons. The van der Waals surface area contributed by atoms with E-state index in [0.717, 1.165) is 18.7 Å². The summed E-state index contributed by atoms with van der Waals surface area (Å²) in [5, 5.41) is 8.00. The molecule has 110 valence electrons. The molecular formula is C16H20N4S. The molecule has 0 aliphatic heterocycles. The molecule has 2 aromatic heterocycles. The Balaban J connectivity index is 1.95. The Morgan fingerprint density at radius 1 is 1.38 bits per heavy atom. The van der Waals surface area contributed by atoms with Crippen LogP contribution in [0.3, 0.4) is 0 Å². The molecule has 0 aliphatic rings. The van der Waals surface area contributed by atoms with Crippen molar-refractivity contribution in [2.24, 2.45) is 5.84 Å². The van der Waals surface area contributed by atoms with E-state index in [1.165, 1.54) is 21.3 Å². The molecule has 1 unspecified atom stereocenters. The molecule has 1 atom stereocenters. The number of rotatable bonds is 5. The van der Waals surface area contributed by atoms with Crippen LogP contribution >= 0.6 is 11.3 Å². The summed E-state index contributed by atoms with van der Waals surface area (Å²) < 4.78 is 3.35. The van der Waals surface area contributed by atoms with Crippen LogP contribution < -0.4 is 11.3 Å². The van der Waals surface area contributed by atoms with Gasteiger partial charge in [0.25, 0.3) is 0 Å². The molecule has 0 spiro atoms. The maximum Gasteiger partial charge on any atom is 0.0596 e. The summed E-state index contributed by atoms with van der Waals surface area (Å²) in [6.45, 7) is 5.02. The van der Waals surface area contributed by atoms with Crippen LogP contribution in [0.4, 0.5) is 0 Å². The fourth-order valence-corrected chi connectivity index (χ4v) is 3.79. The van der Waals surface area contributed by atoms with Crippen molar-refractivity contribution in [2.75, 3.05) is 0 Å². The first-order valence-electron chi connectivity index (χ1n) is 7.18. The van der Waals surface area contributed by atoms with Gasteiger partial charge in [-0.05, 0) is 42.3 Å². The minimum Gasteiger partial charge on any atom is -0.271 e. The molecule has 0 aliphatic carbocycles. The minimum atomic E-state index is 0.0996. The van der Waals surface area contributed by atoms with Crippen molar-refractivity contribution in [1.82, 2.24) is 15.2 Å². The zero-order valence-electron chi connectivity index (χ0n) is 12.3. The van der Waals surface area contributed by atoms with Gasteiger partial charge in [0.05, 0.1) is 11.7 Å². The van der Waals surface area contributed by atoms with Gasteiger partial charge in [0.1, 0.15) is 0 Å². The van der Waals surface area contributed by atoms with E-state index in [1.807, 2.05) is 11.6 Å². The van der Waals surface area contributed by atoms with Crippen LogP contribution in [0.5, 0.6) is 0 Å². The van der Waals surface area contributed by atoms with E-state index in [4.69, 9.17) is 5.84 Å². The molecule has 0 fully saturated rings. The minimum absolute atomic E-state index is 0.0996. The van der Waals surface area contributed by atoms with Gasteiger partial charge in [-0.3, -0.25) is 16.0 Å². The van der Waals surface area contributed by atoms with Crippen LogP contribution in [-0.2, 0) is 13.0 Å². The molecule has 21 heavy (non-hydrogen) atoms. The number of nitrogens with zero attached hydrogens (tertiary/aromatic N) is 2. The molecule has 0 amide bonds. The summed E-state index contributed by atoms with van der Waals surface area (Å²) in [7, 11) is 0. The SMILES string of the molecule is CCn1nc(C)cc1CC(NN)c1csc2ccccc12. The van der Waals surface area contributed by atoms with Gasteiger partial charge in [0.2, 0.25) is 0 Å². The van der Waals surface area contributed by atoms with Crippen molar-refractivity contribution < 1.29 is 0 Å². The Kier molecular flexibility index (Phi) is 4.05. The standard InChI is InChI=1S/C16H20N4S/c1-3-20-12(8-11(2)19-20)9-15(18-17)14-10-21-16-7-5-4-6-13(14)16/h4-8,10,15,18H,3,9,17H2,1-2H3. The van der Waals surface area contributed by atoms with Crippen molar-refractivity contribution in [2.45, 2.75) is 32.9 Å². The van der Waals surface area contributed by atoms with Crippen LogP contribution in [0.25, 0.3) is 10.1 Å². The van der Waals surface area contributed by atoms with Crippen LogP contribution in [-0.4, -0.2) is 9.78 Å². The Bertz CT molecular complexity index is 744. The molecule has 1 aromatic carbocycles. The lowest BCUT2D eigenvalue weighted by atomic mass is 10.0. The topological polar surface area (TPSA) is 55.9 Å². The first-order chi connectivity index (χ1) is 10.2. The van der Waals surface area contributed by atoms with Crippen LogP contribution in [0.2, 0.25) is 0 Å². The van der Waals surface area contributed by atoms with Gasteiger partial charge in [0.15, 0.2) is 0 Å². The largest absolute Gasteiger partial charge is 0.271 e. The maximum atomic E-state index is 5.83. The average Bonchev–Trinajstić information content (AvgIpc) is 3.08. The number of fused-ring (bicyclic) bond motifs is 1. The Labute approximate surface area is 128 Å². The predicted molar refractivity (Wildman–Crippen MR) is 88.2 cm³/mol. The second kappa shape index (κ2) is 5.97. The van der Waals surface area contributed by atoms with E-state index >= 15 is 0 Å². The van der Waals surface area contributed by atoms with Gasteiger partial charge in [-0.15, -0.1) is 11.3 Å². The summed E-state index contributed by atoms with van der Waals surface area (Å²) in [4.78, 5) is 0. The summed E-state index contributed by atoms with van der Waals surface area (Å²) in [5.74, 6) is 5.83. The molecule has 2 heterocycles. The van der Waals surface area contributed by atoms with Gasteiger partial charge in [-0.2, -0.15) is 5.10 Å². The van der Waals surface area contributed by atoms with Gasteiger partial charge in [0, 0.05) is 23.4 Å². The fraction of sp³-hybridized carbons (Fsp3) is 0.312. The van der Waals surface area contributed by atoms with E-state index in [9.17, 15) is 0 Å². The number of hydrazine groups is 1. The highest BCUT2D eigenvalue weighted by atomic mass is 32.1. The van der Waals surface area contributed by atoms with Crippen molar-refractivity contribution in [1.29, 1.82) is 0 Å². The van der Waals surface area contributed by atoms with Crippen molar-refractivity contribution in [3.8, 4) is 0 Å². The highest BCUT2D eigenvalue weighted by Gasteiger charge is 2.17. The molecule has 3 aromatic rings. The Morgan fingerprint density at radius 3 is 2.95 bits per heavy atom. The van der Waals surface area contributed by atoms with E-state index in [-0.39, 0.29) is 6.04 Å². The second-order valence-corrected chi connectivity index (χ2v) is 6.11. The number of thiophene rings is 1. The molecule has 3 rings (SSSR count). The Hall–Kier alpha value is -1.69. The van der Waals surface area contributed by atoms with Crippen molar-refractivity contribution in [3.63, 3.8) is 0 Å². The molecule has 3 N–H and O–H groups in total. The van der Waals surface area contributed by atoms with Gasteiger partial charge < -0.3 is 0 Å². The zero-order chi connectivity index (χ0) is 14.8. The lowest BCUT2D eigenvalue weighted by molar-refractivity contribution is 0.520. The third kappa shape index (κ3) is 2.72. The highest BCUT2D eigenvalue weighted by molar-refractivity contribution is 7.17. The maximum absolute atomic E-state index is 5.83. The average molecular weight is 300 g/mol. The van der Waals surface area contributed by atoms with Gasteiger partial charge in [-0.1, -0.05) is 18.2 Å². The van der Waals surface area contributed by atoms with E-state index in [2.05, 4.69) is 53.2 Å². The van der Waals surface area contributed by atoms with Crippen molar-refractivity contribution >= 4 is 21.4 Å². The smallest absolute Gasteiger partial charge is 0.0596 e. The Morgan fingerprint density at radius 2 is 2.19 bits per heavy atom. The molecule has 0 bridgehead atoms. The summed E-state index contributed by atoms with van der Waals surface area (Å²) in [6, 6.07) is 10.7. The molecule has 5 heteroatoms. The normalized spacial score (nSPS) is 12.9. The zero-order valence-corrected chi connectivity index (χ0v) is 13.2. The highest BCUT2D eigenvalue weighted by Crippen LogP contribution is 2.31. The van der Waals surface area contributed by atoms with Crippen molar-refractivity contribution in [3.05, 3.63) is 52.7 Å². The lowest BCUT2D eigenvalue weighted by Crippen LogP contribution is -2.30. The number of nitrogens with two attached hydrogens (primary N) is 1. The number of aromatic nitrogens is 2. The first-order valence-corrected chi connectivity index (χ1v) is 8.06. The number of hydrogen-bond donors (Lipinski definition) is 2. The fourth-order valence-electron chi connectivity index (χ4n) is 2.77. The summed E-state index contributed by atoms with van der Waals surface area (Å²) >= 11 is 1.77. The quantitative estimate of drug-likeness (QED) is 0.562. The predicted octanol–water partition coefficient (Wildman–Crippen LogP) is 3.17. The monoisotopic (exact) mass is 300 g/mol. The van der Waals surface area contributed by atoms with E-state index in [0.29, 0.717) is 0 Å². The number of aryl methyl sites for hydroxylation is 2. The number of hydrogen-bond acceptors (Lipinski definition) is 4. The summed E-state index contributed by atoms with van der Waals surface area (Å²) in [5.41, 5.74) is 6.50. The van der Waals surface area contributed by atoms with Gasteiger partial charge in [-0.25, -0.2) is 0 Å². The molecular weight excluding hydrogens is 280 g/mol. The summed E-state index contributed by atoms with van der Waals surface area (Å²) in [6.07, 6.45) is 0.839. The molecule has 0 saturated carbocycles. The number of benzene rings is 1. The first kappa shape index (κ1) is 14.3. The third-order valence-corrected chi connectivity index (χ3v) is 4.77. The van der Waals surface area contributed by atoms with E-state index in [1.54, 1.807) is 11.3 Å². The van der Waals surface area contributed by atoms with E-state index < -0.39 is 0 Å². The van der Waals surface area contributed by atoms with Gasteiger partial charge >= 0.3 is 0 Å². The molecule has 4 nitrogen and oxygen atoms in total. The third-order valence-electron chi connectivity index (χ3n) is 3.79. The lowest BCUT2D eigenvalue weighted by Gasteiger charge is -2.16. The molecule has 0 saturated heterocycles.